The number of hydrogen-bond donors (Lipinski definition) is 2. The van der Waals surface area contributed by atoms with Gasteiger partial charge in [0.05, 0.1) is 0 Å². The van der Waals surface area contributed by atoms with Gasteiger partial charge in [0, 0.05) is 6.07 Å². The third kappa shape index (κ3) is 1.98. The molecule has 76 valence electrons. The highest BCUT2D eigenvalue weighted by atomic mass is 31.2. The quantitative estimate of drug-likeness (QED) is 0.717. The Labute approximate surface area is 79.3 Å². The number of benzene rings is 1. The minimum absolute atomic E-state index is 0.0441. The molecule has 1 aliphatic rings. The van der Waals surface area contributed by atoms with Crippen molar-refractivity contribution in [1.82, 2.24) is 0 Å². The monoisotopic (exact) mass is 218 g/mol. The van der Waals surface area contributed by atoms with E-state index in [9.17, 15) is 4.57 Å². The second kappa shape index (κ2) is 3.16. The SMILES string of the molecule is O=P(O)(O)Oc1ccc2c(c1)OCO2. The fraction of sp³-hybridized carbons (Fsp3) is 0.143. The molecule has 6 nitrogen and oxygen atoms in total. The first kappa shape index (κ1) is 9.33. The molecule has 0 atom stereocenters. The van der Waals surface area contributed by atoms with E-state index in [0.29, 0.717) is 11.5 Å². The number of rotatable bonds is 2. The van der Waals surface area contributed by atoms with Crippen molar-refractivity contribution in [2.45, 2.75) is 0 Å². The van der Waals surface area contributed by atoms with Crippen molar-refractivity contribution >= 4 is 7.82 Å². The first-order valence-corrected chi connectivity index (χ1v) is 5.22. The van der Waals surface area contributed by atoms with Crippen molar-refractivity contribution in [2.75, 3.05) is 6.79 Å². The predicted octanol–water partition coefficient (Wildman–Crippen LogP) is 0.887. The van der Waals surface area contributed by atoms with E-state index in [-0.39, 0.29) is 12.5 Å². The van der Waals surface area contributed by atoms with E-state index in [4.69, 9.17) is 19.3 Å². The molecule has 2 rings (SSSR count). The lowest BCUT2D eigenvalue weighted by Crippen LogP contribution is -1.93. The summed E-state index contributed by atoms with van der Waals surface area (Å²) in [5, 5.41) is 0. The number of ether oxygens (including phenoxy) is 2. The molecule has 0 aliphatic carbocycles. The van der Waals surface area contributed by atoms with E-state index in [0.717, 1.165) is 0 Å². The zero-order valence-corrected chi connectivity index (χ0v) is 7.81. The number of phosphoric ester groups is 1. The predicted molar refractivity (Wildman–Crippen MR) is 45.2 cm³/mol. The molecular weight excluding hydrogens is 211 g/mol. The third-order valence-corrected chi connectivity index (χ3v) is 2.02. The Balaban J connectivity index is 2.25. The molecule has 1 aromatic carbocycles. The van der Waals surface area contributed by atoms with Crippen LogP contribution in [0.2, 0.25) is 0 Å². The van der Waals surface area contributed by atoms with Gasteiger partial charge < -0.3 is 14.0 Å². The Morgan fingerprint density at radius 3 is 2.71 bits per heavy atom. The van der Waals surface area contributed by atoms with Crippen LogP contribution >= 0.6 is 7.82 Å². The molecule has 1 aromatic rings. The van der Waals surface area contributed by atoms with Gasteiger partial charge in [-0.3, -0.25) is 9.79 Å². The third-order valence-electron chi connectivity index (χ3n) is 1.57. The van der Waals surface area contributed by atoms with Crippen LogP contribution in [0.25, 0.3) is 0 Å². The molecule has 0 saturated heterocycles. The minimum atomic E-state index is -4.51. The molecule has 2 N–H and O–H groups in total. The van der Waals surface area contributed by atoms with E-state index in [1.165, 1.54) is 18.2 Å². The Morgan fingerprint density at radius 2 is 2.00 bits per heavy atom. The maximum absolute atomic E-state index is 10.5. The van der Waals surface area contributed by atoms with E-state index >= 15 is 0 Å². The molecule has 0 saturated carbocycles. The molecule has 0 bridgehead atoms. The largest absolute Gasteiger partial charge is 0.524 e. The molecule has 7 heteroatoms. The van der Waals surface area contributed by atoms with Crippen molar-refractivity contribution in [1.29, 1.82) is 0 Å². The highest BCUT2D eigenvalue weighted by Gasteiger charge is 2.19. The second-order valence-corrected chi connectivity index (χ2v) is 3.76. The molecule has 0 spiro atoms. The van der Waals surface area contributed by atoms with E-state index in [1.807, 2.05) is 0 Å². The van der Waals surface area contributed by atoms with Gasteiger partial charge >= 0.3 is 7.82 Å². The van der Waals surface area contributed by atoms with Gasteiger partial charge in [0.25, 0.3) is 0 Å². The summed E-state index contributed by atoms with van der Waals surface area (Å²) in [6.07, 6.45) is 0. The summed E-state index contributed by atoms with van der Waals surface area (Å²) in [7, 11) is -4.51. The lowest BCUT2D eigenvalue weighted by Gasteiger charge is -2.06. The summed E-state index contributed by atoms with van der Waals surface area (Å²) in [6.45, 7) is 0.106. The average Bonchev–Trinajstić information content (AvgIpc) is 2.47. The standard InChI is InChI=1S/C7H7O6P/c8-14(9,10)13-5-1-2-6-7(3-5)12-4-11-6/h1-3H,4H2,(H2,8,9,10). The summed E-state index contributed by atoms with van der Waals surface area (Å²) in [4.78, 5) is 17.1. The van der Waals surface area contributed by atoms with Crippen LogP contribution in [0.15, 0.2) is 18.2 Å². The lowest BCUT2D eigenvalue weighted by atomic mass is 10.3. The molecule has 0 fully saturated rings. The summed E-state index contributed by atoms with van der Waals surface area (Å²) >= 11 is 0. The second-order valence-electron chi connectivity index (χ2n) is 2.60. The molecule has 0 radical (unpaired) electrons. The minimum Gasteiger partial charge on any atom is -0.454 e. The van der Waals surface area contributed by atoms with Gasteiger partial charge in [0.2, 0.25) is 6.79 Å². The Morgan fingerprint density at radius 1 is 1.29 bits per heavy atom. The van der Waals surface area contributed by atoms with E-state index in [1.54, 1.807) is 0 Å². The van der Waals surface area contributed by atoms with Crippen molar-refractivity contribution in [3.05, 3.63) is 18.2 Å². The molecule has 0 unspecified atom stereocenters. The van der Waals surface area contributed by atoms with Crippen LogP contribution in [0, 0.1) is 0 Å². The highest BCUT2D eigenvalue weighted by Crippen LogP contribution is 2.41. The zero-order valence-electron chi connectivity index (χ0n) is 6.91. The molecule has 14 heavy (non-hydrogen) atoms. The summed E-state index contributed by atoms with van der Waals surface area (Å²) in [5.74, 6) is 0.988. The van der Waals surface area contributed by atoms with E-state index < -0.39 is 7.82 Å². The Hall–Kier alpha value is -1.23. The van der Waals surface area contributed by atoms with Crippen LogP contribution in [0.4, 0.5) is 0 Å². The van der Waals surface area contributed by atoms with Gasteiger partial charge in [-0.1, -0.05) is 0 Å². The van der Waals surface area contributed by atoms with Crippen LogP contribution in [-0.2, 0) is 4.57 Å². The number of fused-ring (bicyclic) bond motifs is 1. The van der Waals surface area contributed by atoms with Crippen molar-refractivity contribution in [3.8, 4) is 17.2 Å². The molecule has 1 heterocycles. The van der Waals surface area contributed by atoms with Crippen LogP contribution in [0.5, 0.6) is 17.2 Å². The van der Waals surface area contributed by atoms with Gasteiger partial charge in [-0.05, 0) is 12.1 Å². The molecule has 0 aromatic heterocycles. The van der Waals surface area contributed by atoms with Crippen LogP contribution in [0.3, 0.4) is 0 Å². The van der Waals surface area contributed by atoms with Gasteiger partial charge in [0.1, 0.15) is 5.75 Å². The van der Waals surface area contributed by atoms with Crippen LogP contribution in [0.1, 0.15) is 0 Å². The first-order valence-electron chi connectivity index (χ1n) is 3.69. The maximum Gasteiger partial charge on any atom is 0.524 e. The van der Waals surface area contributed by atoms with Crippen LogP contribution < -0.4 is 14.0 Å². The first-order chi connectivity index (χ1) is 6.54. The fourth-order valence-corrected chi connectivity index (χ4v) is 1.46. The molecular formula is C7H7O6P. The summed E-state index contributed by atoms with van der Waals surface area (Å²) in [5.41, 5.74) is 0. The topological polar surface area (TPSA) is 85.2 Å². The summed E-state index contributed by atoms with van der Waals surface area (Å²) in [6, 6.07) is 4.28. The van der Waals surface area contributed by atoms with Crippen molar-refractivity contribution in [2.24, 2.45) is 0 Å². The number of phosphoric acid groups is 1. The van der Waals surface area contributed by atoms with Crippen molar-refractivity contribution < 1.29 is 28.3 Å². The average molecular weight is 218 g/mol. The van der Waals surface area contributed by atoms with Gasteiger partial charge in [-0.15, -0.1) is 0 Å². The molecule has 1 aliphatic heterocycles. The smallest absolute Gasteiger partial charge is 0.454 e. The maximum atomic E-state index is 10.5. The zero-order chi connectivity index (χ0) is 10.2. The lowest BCUT2D eigenvalue weighted by molar-refractivity contribution is 0.174. The van der Waals surface area contributed by atoms with Crippen LogP contribution in [-0.4, -0.2) is 16.6 Å². The van der Waals surface area contributed by atoms with E-state index in [2.05, 4.69) is 4.52 Å². The fourth-order valence-electron chi connectivity index (χ4n) is 1.07. The summed E-state index contributed by atoms with van der Waals surface area (Å²) < 4.78 is 24.9. The Kier molecular flexibility index (Phi) is 2.11. The number of hydrogen-bond acceptors (Lipinski definition) is 4. The van der Waals surface area contributed by atoms with Gasteiger partial charge in [0.15, 0.2) is 11.5 Å². The Bertz CT molecular complexity index is 397. The molecule has 0 amide bonds. The highest BCUT2D eigenvalue weighted by molar-refractivity contribution is 7.46. The van der Waals surface area contributed by atoms with Gasteiger partial charge in [-0.2, -0.15) is 0 Å². The van der Waals surface area contributed by atoms with Crippen molar-refractivity contribution in [3.63, 3.8) is 0 Å². The van der Waals surface area contributed by atoms with Gasteiger partial charge in [-0.25, -0.2) is 4.57 Å². The normalized spacial score (nSPS) is 14.1.